The molecule has 1 aromatic carbocycles. The number of imidazole rings is 1. The van der Waals surface area contributed by atoms with E-state index in [4.69, 9.17) is 10.7 Å². The lowest BCUT2D eigenvalue weighted by Gasteiger charge is -2.25. The largest absolute Gasteiger partial charge is 0.323 e. The van der Waals surface area contributed by atoms with Crippen molar-refractivity contribution in [2.75, 3.05) is 0 Å². The standard InChI is InChI=1S/C15H18BrN3/c1-15(17,9-2-3-9)14-18-12-8-10(16)4-7-13(12)19(14)11-5-6-11/h4,7-9,11H,2-3,5-6,17H2,1H3. The van der Waals surface area contributed by atoms with E-state index in [1.807, 2.05) is 0 Å². The summed E-state index contributed by atoms with van der Waals surface area (Å²) >= 11 is 3.53. The molecule has 0 aliphatic heterocycles. The predicted octanol–water partition coefficient (Wildman–Crippen LogP) is 3.72. The molecule has 4 heteroatoms. The van der Waals surface area contributed by atoms with E-state index in [-0.39, 0.29) is 5.54 Å². The molecule has 4 rings (SSSR count). The monoisotopic (exact) mass is 319 g/mol. The van der Waals surface area contributed by atoms with Gasteiger partial charge in [0.05, 0.1) is 16.6 Å². The van der Waals surface area contributed by atoms with Crippen molar-refractivity contribution < 1.29 is 0 Å². The van der Waals surface area contributed by atoms with Crippen LogP contribution in [0.3, 0.4) is 0 Å². The molecule has 2 fully saturated rings. The summed E-state index contributed by atoms with van der Waals surface area (Å²) in [4.78, 5) is 4.88. The fourth-order valence-electron chi connectivity index (χ4n) is 3.02. The van der Waals surface area contributed by atoms with Gasteiger partial charge in [-0.2, -0.15) is 0 Å². The van der Waals surface area contributed by atoms with Gasteiger partial charge < -0.3 is 10.3 Å². The van der Waals surface area contributed by atoms with Gasteiger partial charge in [-0.1, -0.05) is 15.9 Å². The number of rotatable bonds is 3. The first-order chi connectivity index (χ1) is 9.07. The van der Waals surface area contributed by atoms with Crippen LogP contribution in [-0.2, 0) is 5.54 Å². The van der Waals surface area contributed by atoms with Crippen molar-refractivity contribution in [2.24, 2.45) is 11.7 Å². The van der Waals surface area contributed by atoms with Crippen molar-refractivity contribution in [2.45, 2.75) is 44.2 Å². The topological polar surface area (TPSA) is 43.8 Å². The fourth-order valence-corrected chi connectivity index (χ4v) is 3.37. The Labute approximate surface area is 121 Å². The second-order valence-corrected chi connectivity index (χ2v) is 7.14. The molecule has 2 aliphatic rings. The molecule has 1 unspecified atom stereocenters. The smallest absolute Gasteiger partial charge is 0.130 e. The Morgan fingerprint density at radius 3 is 2.68 bits per heavy atom. The molecule has 19 heavy (non-hydrogen) atoms. The van der Waals surface area contributed by atoms with Crippen molar-refractivity contribution in [3.05, 3.63) is 28.5 Å². The molecular weight excluding hydrogens is 302 g/mol. The van der Waals surface area contributed by atoms with E-state index in [1.54, 1.807) is 0 Å². The first-order valence-electron chi connectivity index (χ1n) is 7.04. The van der Waals surface area contributed by atoms with Crippen molar-refractivity contribution >= 4 is 27.0 Å². The highest BCUT2D eigenvalue weighted by Crippen LogP contribution is 2.47. The summed E-state index contributed by atoms with van der Waals surface area (Å²) in [5.41, 5.74) is 8.63. The number of benzene rings is 1. The molecule has 0 spiro atoms. The van der Waals surface area contributed by atoms with Crippen LogP contribution in [0.2, 0.25) is 0 Å². The Bertz CT molecular complexity index is 651. The number of nitrogens with two attached hydrogens (primary N) is 1. The molecule has 3 nitrogen and oxygen atoms in total. The summed E-state index contributed by atoms with van der Waals surface area (Å²) < 4.78 is 3.48. The zero-order valence-electron chi connectivity index (χ0n) is 11.1. The molecule has 2 N–H and O–H groups in total. The van der Waals surface area contributed by atoms with E-state index >= 15 is 0 Å². The number of aromatic nitrogens is 2. The van der Waals surface area contributed by atoms with Crippen LogP contribution >= 0.6 is 15.9 Å². The molecule has 1 aromatic heterocycles. The van der Waals surface area contributed by atoms with E-state index in [0.29, 0.717) is 12.0 Å². The molecule has 1 heterocycles. The van der Waals surface area contributed by atoms with Crippen LogP contribution in [0.1, 0.15) is 44.5 Å². The molecule has 1 atom stereocenters. The highest BCUT2D eigenvalue weighted by molar-refractivity contribution is 9.10. The Hall–Kier alpha value is -0.870. The third kappa shape index (κ3) is 1.84. The number of nitrogens with zero attached hydrogens (tertiary/aromatic N) is 2. The highest BCUT2D eigenvalue weighted by atomic mass is 79.9. The van der Waals surface area contributed by atoms with Crippen LogP contribution in [0.15, 0.2) is 22.7 Å². The second-order valence-electron chi connectivity index (χ2n) is 6.23. The summed E-state index contributed by atoms with van der Waals surface area (Å²) in [6, 6.07) is 6.97. The Balaban J connectivity index is 1.95. The molecule has 2 saturated carbocycles. The van der Waals surface area contributed by atoms with Crippen molar-refractivity contribution in [1.29, 1.82) is 0 Å². The summed E-state index contributed by atoms with van der Waals surface area (Å²) in [5.74, 6) is 1.69. The van der Waals surface area contributed by atoms with Gasteiger partial charge in [-0.15, -0.1) is 0 Å². The van der Waals surface area contributed by atoms with Crippen LogP contribution < -0.4 is 5.73 Å². The first-order valence-corrected chi connectivity index (χ1v) is 7.83. The number of halogens is 1. The van der Waals surface area contributed by atoms with Gasteiger partial charge in [0.25, 0.3) is 0 Å². The van der Waals surface area contributed by atoms with Crippen LogP contribution in [0.25, 0.3) is 11.0 Å². The van der Waals surface area contributed by atoms with Gasteiger partial charge in [0, 0.05) is 10.5 Å². The zero-order chi connectivity index (χ0) is 13.2. The maximum atomic E-state index is 6.62. The minimum absolute atomic E-state index is 0.284. The lowest BCUT2D eigenvalue weighted by atomic mass is 9.96. The van der Waals surface area contributed by atoms with E-state index in [0.717, 1.165) is 15.8 Å². The zero-order valence-corrected chi connectivity index (χ0v) is 12.7. The summed E-state index contributed by atoms with van der Waals surface area (Å²) in [7, 11) is 0. The van der Waals surface area contributed by atoms with E-state index in [2.05, 4.69) is 45.6 Å². The van der Waals surface area contributed by atoms with Gasteiger partial charge in [0.1, 0.15) is 5.82 Å². The summed E-state index contributed by atoms with van der Waals surface area (Å²) in [6.07, 6.45) is 5.00. The average molecular weight is 320 g/mol. The highest BCUT2D eigenvalue weighted by Gasteiger charge is 2.44. The summed E-state index contributed by atoms with van der Waals surface area (Å²) in [6.45, 7) is 2.15. The molecule has 2 aliphatic carbocycles. The number of hydrogen-bond donors (Lipinski definition) is 1. The fraction of sp³-hybridized carbons (Fsp3) is 0.533. The normalized spacial score (nSPS) is 22.7. The predicted molar refractivity (Wildman–Crippen MR) is 80.0 cm³/mol. The molecule has 0 saturated heterocycles. The third-order valence-corrected chi connectivity index (χ3v) is 4.96. The van der Waals surface area contributed by atoms with Crippen molar-refractivity contribution in [3.63, 3.8) is 0 Å². The Kier molecular flexibility index (Phi) is 2.40. The number of hydrogen-bond acceptors (Lipinski definition) is 2. The first kappa shape index (κ1) is 11.9. The molecule has 100 valence electrons. The minimum atomic E-state index is -0.284. The lowest BCUT2D eigenvalue weighted by molar-refractivity contribution is 0.383. The van der Waals surface area contributed by atoms with Gasteiger partial charge in [-0.3, -0.25) is 0 Å². The second kappa shape index (κ2) is 3.83. The van der Waals surface area contributed by atoms with Gasteiger partial charge in [-0.05, 0) is 56.7 Å². The molecule has 2 aromatic rings. The van der Waals surface area contributed by atoms with Crippen LogP contribution in [0.5, 0.6) is 0 Å². The van der Waals surface area contributed by atoms with Crippen molar-refractivity contribution in [3.8, 4) is 0 Å². The van der Waals surface area contributed by atoms with E-state index in [1.165, 1.54) is 31.2 Å². The molecular formula is C15H18BrN3. The maximum absolute atomic E-state index is 6.62. The number of fused-ring (bicyclic) bond motifs is 1. The van der Waals surface area contributed by atoms with Crippen LogP contribution in [0, 0.1) is 5.92 Å². The van der Waals surface area contributed by atoms with E-state index in [9.17, 15) is 0 Å². The quantitative estimate of drug-likeness (QED) is 0.937. The Morgan fingerprint density at radius 2 is 2.05 bits per heavy atom. The molecule has 0 amide bonds. The van der Waals surface area contributed by atoms with Crippen molar-refractivity contribution in [1.82, 2.24) is 9.55 Å². The van der Waals surface area contributed by atoms with Gasteiger partial charge in [-0.25, -0.2) is 4.98 Å². The van der Waals surface area contributed by atoms with Gasteiger partial charge in [0.2, 0.25) is 0 Å². The van der Waals surface area contributed by atoms with Crippen LogP contribution in [0.4, 0.5) is 0 Å². The summed E-state index contributed by atoms with van der Waals surface area (Å²) in [5, 5.41) is 0. The maximum Gasteiger partial charge on any atom is 0.130 e. The molecule has 0 bridgehead atoms. The van der Waals surface area contributed by atoms with E-state index < -0.39 is 0 Å². The Morgan fingerprint density at radius 1 is 1.32 bits per heavy atom. The third-order valence-electron chi connectivity index (χ3n) is 4.47. The SMILES string of the molecule is CC(N)(c1nc2cc(Br)ccc2n1C1CC1)C1CC1. The lowest BCUT2D eigenvalue weighted by Crippen LogP contribution is -2.38. The minimum Gasteiger partial charge on any atom is -0.323 e. The van der Waals surface area contributed by atoms with Gasteiger partial charge in [0.15, 0.2) is 0 Å². The van der Waals surface area contributed by atoms with Crippen LogP contribution in [-0.4, -0.2) is 9.55 Å². The average Bonchev–Trinajstić information content (AvgIpc) is 3.23. The van der Waals surface area contributed by atoms with Gasteiger partial charge >= 0.3 is 0 Å². The molecule has 0 radical (unpaired) electrons.